The van der Waals surface area contributed by atoms with Crippen LogP contribution in [0.4, 0.5) is 0 Å². The number of aliphatic hydroxyl groups excluding tert-OH is 3. The molecule has 0 aliphatic heterocycles. The summed E-state index contributed by atoms with van der Waals surface area (Å²) in [6.07, 6.45) is 61.3. The van der Waals surface area contributed by atoms with E-state index in [1.807, 2.05) is 6.08 Å². The summed E-state index contributed by atoms with van der Waals surface area (Å²) in [5.41, 5.74) is 0. The van der Waals surface area contributed by atoms with Gasteiger partial charge in [-0.25, -0.2) is 0 Å². The Morgan fingerprint density at radius 1 is 0.439 bits per heavy atom. The van der Waals surface area contributed by atoms with Crippen molar-refractivity contribution in [1.29, 1.82) is 0 Å². The largest absolute Gasteiger partial charge is 0.394 e. The van der Waals surface area contributed by atoms with Crippen LogP contribution in [-0.2, 0) is 4.79 Å². The van der Waals surface area contributed by atoms with Gasteiger partial charge in [0.05, 0.1) is 31.3 Å². The fourth-order valence-corrected chi connectivity index (χ4v) is 7.48. The number of aliphatic hydroxyl groups is 3. The summed E-state index contributed by atoms with van der Waals surface area (Å²) in [6.45, 7) is 4.21. The van der Waals surface area contributed by atoms with Gasteiger partial charge < -0.3 is 20.6 Å². The average molecular weight is 800 g/mol. The predicted octanol–water partition coefficient (Wildman–Crippen LogP) is 14.9. The molecule has 0 fully saturated rings. The van der Waals surface area contributed by atoms with Crippen molar-refractivity contribution >= 4 is 5.91 Å². The molecule has 0 saturated carbocycles. The molecule has 0 saturated heterocycles. The highest BCUT2D eigenvalue weighted by atomic mass is 16.3. The lowest BCUT2D eigenvalue weighted by Crippen LogP contribution is -2.45. The van der Waals surface area contributed by atoms with E-state index < -0.39 is 18.2 Å². The fraction of sp³-hybridized carbons (Fsp3) is 0.827. The van der Waals surface area contributed by atoms with Gasteiger partial charge in [-0.3, -0.25) is 4.79 Å². The zero-order valence-corrected chi connectivity index (χ0v) is 38.0. The molecule has 4 N–H and O–H groups in total. The number of allylic oxidation sites excluding steroid dienone is 7. The van der Waals surface area contributed by atoms with E-state index in [0.29, 0.717) is 6.42 Å². The highest BCUT2D eigenvalue weighted by Gasteiger charge is 2.20. The van der Waals surface area contributed by atoms with E-state index in [4.69, 9.17) is 0 Å². The summed E-state index contributed by atoms with van der Waals surface area (Å²) in [4.78, 5) is 12.5. The minimum atomic E-state index is -0.963. The standard InChI is InChI=1S/C52H97NO4/c1-3-5-7-9-11-13-15-17-19-21-23-24-25-26-27-28-30-32-34-36-38-40-42-44-46-51(56)50(48-54)53-52(57)47-49(55)45-43-41-39-37-35-33-31-29-22-20-18-16-14-12-10-8-6-4-2/h28-31,36,38,44,46,49-51,54-56H,3-27,32-35,37,39-43,45,47-48H2,1-2H3,(H,53,57)/b30-28+,31-29-,38-36+,46-44+. The second kappa shape index (κ2) is 47.0. The van der Waals surface area contributed by atoms with E-state index >= 15 is 0 Å². The van der Waals surface area contributed by atoms with Gasteiger partial charge in [-0.1, -0.05) is 223 Å². The van der Waals surface area contributed by atoms with Crippen molar-refractivity contribution in [3.63, 3.8) is 0 Å². The van der Waals surface area contributed by atoms with Crippen LogP contribution in [0.2, 0.25) is 0 Å². The van der Waals surface area contributed by atoms with Crippen molar-refractivity contribution < 1.29 is 20.1 Å². The van der Waals surface area contributed by atoms with Crippen LogP contribution in [0.15, 0.2) is 48.6 Å². The molecule has 0 aromatic carbocycles. The summed E-state index contributed by atoms with van der Waals surface area (Å²) in [5, 5.41) is 33.3. The first-order chi connectivity index (χ1) is 28.0. The lowest BCUT2D eigenvalue weighted by molar-refractivity contribution is -0.124. The van der Waals surface area contributed by atoms with Crippen molar-refractivity contribution in [3.8, 4) is 0 Å². The van der Waals surface area contributed by atoms with Crippen LogP contribution >= 0.6 is 0 Å². The van der Waals surface area contributed by atoms with Crippen LogP contribution in [0, 0.1) is 0 Å². The van der Waals surface area contributed by atoms with Crippen molar-refractivity contribution in [2.24, 2.45) is 0 Å². The Labute approximate surface area is 355 Å². The normalized spacial score (nSPS) is 13.8. The lowest BCUT2D eigenvalue weighted by Gasteiger charge is -2.20. The number of nitrogens with one attached hydrogen (secondary N) is 1. The van der Waals surface area contributed by atoms with Crippen molar-refractivity contribution in [2.45, 2.75) is 270 Å². The molecule has 1 amide bonds. The number of unbranched alkanes of at least 4 members (excludes halogenated alkanes) is 30. The SMILES string of the molecule is CCCCCCCCCCC/C=C\CCCCCCCC(O)CC(=O)NC(CO)C(O)/C=C/CC/C=C/CC/C=C/CCCCCCCCCCCCCCCC. The van der Waals surface area contributed by atoms with Gasteiger partial charge in [0.25, 0.3) is 0 Å². The van der Waals surface area contributed by atoms with Crippen LogP contribution in [0.3, 0.4) is 0 Å². The molecule has 0 aromatic heterocycles. The Kier molecular flexibility index (Phi) is 45.6. The molecule has 0 aromatic rings. The van der Waals surface area contributed by atoms with Crippen LogP contribution in [0.1, 0.15) is 251 Å². The van der Waals surface area contributed by atoms with Gasteiger partial charge in [-0.05, 0) is 70.6 Å². The first-order valence-corrected chi connectivity index (χ1v) is 24.9. The second-order valence-electron chi connectivity index (χ2n) is 17.0. The van der Waals surface area contributed by atoms with Gasteiger partial charge in [0.15, 0.2) is 0 Å². The molecule has 3 atom stereocenters. The first kappa shape index (κ1) is 55.3. The molecule has 0 radical (unpaired) electrons. The third-order valence-electron chi connectivity index (χ3n) is 11.3. The summed E-state index contributed by atoms with van der Waals surface area (Å²) < 4.78 is 0. The average Bonchev–Trinajstić information content (AvgIpc) is 3.20. The molecule has 5 heteroatoms. The summed E-state index contributed by atoms with van der Waals surface area (Å²) in [6, 6.07) is -0.771. The molecule has 0 aliphatic rings. The number of hydrogen-bond donors (Lipinski definition) is 4. The maximum Gasteiger partial charge on any atom is 0.222 e. The Morgan fingerprint density at radius 2 is 0.754 bits per heavy atom. The van der Waals surface area contributed by atoms with Gasteiger partial charge in [-0.15, -0.1) is 0 Å². The fourth-order valence-electron chi connectivity index (χ4n) is 7.48. The number of rotatable bonds is 45. The van der Waals surface area contributed by atoms with E-state index in [2.05, 4.69) is 55.6 Å². The predicted molar refractivity (Wildman–Crippen MR) is 250 cm³/mol. The number of hydrogen-bond acceptors (Lipinski definition) is 4. The van der Waals surface area contributed by atoms with Gasteiger partial charge in [0.2, 0.25) is 5.91 Å². The maximum absolute atomic E-state index is 12.5. The van der Waals surface area contributed by atoms with E-state index in [1.54, 1.807) is 6.08 Å². The Morgan fingerprint density at radius 3 is 1.12 bits per heavy atom. The molecule has 0 aliphatic carbocycles. The first-order valence-electron chi connectivity index (χ1n) is 24.9. The van der Waals surface area contributed by atoms with Crippen LogP contribution in [0.5, 0.6) is 0 Å². The summed E-state index contributed by atoms with van der Waals surface area (Å²) in [7, 11) is 0. The number of carbonyl (C=O) groups excluding carboxylic acids is 1. The van der Waals surface area contributed by atoms with Gasteiger partial charge in [0.1, 0.15) is 0 Å². The van der Waals surface area contributed by atoms with Crippen molar-refractivity contribution in [3.05, 3.63) is 48.6 Å². The van der Waals surface area contributed by atoms with Crippen molar-refractivity contribution in [1.82, 2.24) is 5.32 Å². The van der Waals surface area contributed by atoms with E-state index in [9.17, 15) is 20.1 Å². The zero-order chi connectivity index (χ0) is 41.5. The lowest BCUT2D eigenvalue weighted by atomic mass is 10.0. The van der Waals surface area contributed by atoms with Gasteiger partial charge in [-0.2, -0.15) is 0 Å². The molecule has 0 rings (SSSR count). The zero-order valence-electron chi connectivity index (χ0n) is 38.0. The van der Waals surface area contributed by atoms with E-state index in [0.717, 1.165) is 51.4 Å². The van der Waals surface area contributed by atoms with Gasteiger partial charge >= 0.3 is 0 Å². The maximum atomic E-state index is 12.5. The topological polar surface area (TPSA) is 89.8 Å². The molecule has 0 bridgehead atoms. The number of carbonyl (C=O) groups is 1. The molecule has 334 valence electrons. The third kappa shape index (κ3) is 43.7. The Bertz CT molecular complexity index is 927. The molecule has 57 heavy (non-hydrogen) atoms. The molecule has 5 nitrogen and oxygen atoms in total. The monoisotopic (exact) mass is 800 g/mol. The molecule has 0 heterocycles. The molecular weight excluding hydrogens is 703 g/mol. The minimum absolute atomic E-state index is 0.00382. The number of amides is 1. The highest BCUT2D eigenvalue weighted by Crippen LogP contribution is 2.15. The molecule has 0 spiro atoms. The minimum Gasteiger partial charge on any atom is -0.394 e. The smallest absolute Gasteiger partial charge is 0.222 e. The molecular formula is C52H97NO4. The van der Waals surface area contributed by atoms with Crippen LogP contribution < -0.4 is 5.32 Å². The van der Waals surface area contributed by atoms with Gasteiger partial charge in [0, 0.05) is 0 Å². The summed E-state index contributed by atoms with van der Waals surface area (Å²) in [5.74, 6) is -0.334. The third-order valence-corrected chi connectivity index (χ3v) is 11.3. The Hall–Kier alpha value is -1.69. The summed E-state index contributed by atoms with van der Waals surface area (Å²) >= 11 is 0. The van der Waals surface area contributed by atoms with E-state index in [-0.39, 0.29) is 18.9 Å². The van der Waals surface area contributed by atoms with Crippen molar-refractivity contribution in [2.75, 3.05) is 6.61 Å². The van der Waals surface area contributed by atoms with Crippen LogP contribution in [-0.4, -0.2) is 46.1 Å². The van der Waals surface area contributed by atoms with E-state index in [1.165, 1.54) is 173 Å². The molecule has 3 unspecified atom stereocenters. The second-order valence-corrected chi connectivity index (χ2v) is 17.0. The highest BCUT2D eigenvalue weighted by molar-refractivity contribution is 5.76. The van der Waals surface area contributed by atoms with Crippen LogP contribution in [0.25, 0.3) is 0 Å². The quantitative estimate of drug-likeness (QED) is 0.0365. The Balaban J connectivity index is 3.71.